The fourth-order valence-corrected chi connectivity index (χ4v) is 7.82. The molecule has 0 unspecified atom stereocenters. The van der Waals surface area contributed by atoms with E-state index in [0.717, 1.165) is 30.5 Å². The summed E-state index contributed by atoms with van der Waals surface area (Å²) in [6.07, 6.45) is 2.44. The number of rotatable bonds is 5. The van der Waals surface area contributed by atoms with Gasteiger partial charge in [-0.2, -0.15) is 8.42 Å². The highest BCUT2D eigenvalue weighted by molar-refractivity contribution is 7.86. The fraction of sp³-hybridized carbons (Fsp3) is 0.368. The molecule has 0 radical (unpaired) electrons. The largest absolute Gasteiger partial charge is 0.296 e. The Balaban J connectivity index is 1.52. The monoisotopic (exact) mass is 378 g/mol. The van der Waals surface area contributed by atoms with Crippen molar-refractivity contribution >= 4 is 18.9 Å². The zero-order valence-corrected chi connectivity index (χ0v) is 16.3. The van der Waals surface area contributed by atoms with Crippen molar-refractivity contribution in [2.24, 2.45) is 0 Å². The lowest BCUT2D eigenvalue weighted by Gasteiger charge is -2.27. The van der Waals surface area contributed by atoms with Gasteiger partial charge in [0.25, 0.3) is 10.1 Å². The molecule has 0 bridgehead atoms. The van der Waals surface area contributed by atoms with Gasteiger partial charge in [-0.1, -0.05) is 41.9 Å². The summed E-state index contributed by atoms with van der Waals surface area (Å²) in [7, 11) is -4.86. The van der Waals surface area contributed by atoms with E-state index in [1.54, 1.807) is 24.3 Å². The highest BCUT2D eigenvalue weighted by Gasteiger charge is 2.26. The van der Waals surface area contributed by atoms with Crippen LogP contribution in [0.4, 0.5) is 4.39 Å². The molecule has 1 aliphatic heterocycles. The Morgan fingerprint density at radius 3 is 2.24 bits per heavy atom. The minimum absolute atomic E-state index is 0.207. The molecule has 6 heteroatoms. The van der Waals surface area contributed by atoms with Crippen LogP contribution in [0.5, 0.6) is 0 Å². The molecule has 2 aromatic carbocycles. The van der Waals surface area contributed by atoms with Crippen molar-refractivity contribution in [1.82, 2.24) is 0 Å². The number of halogens is 1. The second-order valence-corrected chi connectivity index (χ2v) is 11.7. The molecule has 0 aromatic heterocycles. The zero-order chi connectivity index (χ0) is 17.9. The van der Waals surface area contributed by atoms with Crippen molar-refractivity contribution in [2.75, 3.05) is 6.23 Å². The van der Waals surface area contributed by atoms with Crippen molar-refractivity contribution in [3.05, 3.63) is 65.5 Å². The van der Waals surface area contributed by atoms with Gasteiger partial charge in [-0.3, -0.25) is 4.18 Å². The quantitative estimate of drug-likeness (QED) is 0.579. The second-order valence-electron chi connectivity index (χ2n) is 6.82. The highest BCUT2D eigenvalue weighted by atomic mass is 32.2. The standard InChI is InChI=1S/C19H23FO3SSi/c1-15-2-8-19(9-3-15)24(21,22)23-14-25-12-10-17(11-13-25)16-4-6-18(20)7-5-16/h2-9,17,25H,10-14H2,1H3/t17-,25-. The highest BCUT2D eigenvalue weighted by Crippen LogP contribution is 2.33. The van der Waals surface area contributed by atoms with Crippen LogP contribution in [-0.2, 0) is 14.3 Å². The van der Waals surface area contributed by atoms with E-state index in [0.29, 0.717) is 12.1 Å². The SMILES string of the molecule is Cc1ccc(S(=O)(=O)OC[Si@H]2CC[C@H](c3ccc(F)cc3)CC2)cc1. The van der Waals surface area contributed by atoms with Gasteiger partial charge in [-0.05, 0) is 55.5 Å². The smallest absolute Gasteiger partial charge is 0.270 e. The number of hydrogen-bond acceptors (Lipinski definition) is 3. The molecule has 1 saturated heterocycles. The van der Waals surface area contributed by atoms with Gasteiger partial charge in [0.2, 0.25) is 0 Å². The summed E-state index contributed by atoms with van der Waals surface area (Å²) in [5.74, 6) is 0.250. The van der Waals surface area contributed by atoms with Crippen LogP contribution in [-0.4, -0.2) is 23.4 Å². The summed E-state index contributed by atoms with van der Waals surface area (Å²) >= 11 is 0. The summed E-state index contributed by atoms with van der Waals surface area (Å²) < 4.78 is 42.9. The third-order valence-electron chi connectivity index (χ3n) is 4.96. The first kappa shape index (κ1) is 18.3. The summed E-state index contributed by atoms with van der Waals surface area (Å²) in [6, 6.07) is 15.6. The minimum Gasteiger partial charge on any atom is -0.270 e. The van der Waals surface area contributed by atoms with Gasteiger partial charge in [0.1, 0.15) is 5.82 Å². The van der Waals surface area contributed by atoms with Gasteiger partial charge < -0.3 is 0 Å². The van der Waals surface area contributed by atoms with Crippen LogP contribution in [0.1, 0.15) is 29.9 Å². The first-order chi connectivity index (χ1) is 11.9. The molecule has 3 rings (SSSR count). The van der Waals surface area contributed by atoms with Gasteiger partial charge in [-0.15, -0.1) is 0 Å². The average Bonchev–Trinajstić information content (AvgIpc) is 2.62. The van der Waals surface area contributed by atoms with E-state index in [1.165, 1.54) is 17.7 Å². The Morgan fingerprint density at radius 2 is 1.64 bits per heavy atom. The molecule has 2 aromatic rings. The minimum atomic E-state index is -3.65. The summed E-state index contributed by atoms with van der Waals surface area (Å²) in [5, 5.41) is 0. The van der Waals surface area contributed by atoms with Crippen LogP contribution in [0.15, 0.2) is 53.4 Å². The molecule has 3 nitrogen and oxygen atoms in total. The average molecular weight is 379 g/mol. The third-order valence-corrected chi connectivity index (χ3v) is 9.43. The van der Waals surface area contributed by atoms with Crippen LogP contribution < -0.4 is 0 Å². The molecular weight excluding hydrogens is 355 g/mol. The lowest BCUT2D eigenvalue weighted by Crippen LogP contribution is -2.27. The molecule has 0 N–H and O–H groups in total. The molecule has 0 saturated carbocycles. The Kier molecular flexibility index (Phi) is 5.71. The van der Waals surface area contributed by atoms with Gasteiger partial charge >= 0.3 is 0 Å². The molecule has 0 amide bonds. The van der Waals surface area contributed by atoms with E-state index in [-0.39, 0.29) is 10.7 Å². The van der Waals surface area contributed by atoms with E-state index in [2.05, 4.69) is 0 Å². The van der Waals surface area contributed by atoms with Crippen molar-refractivity contribution in [3.8, 4) is 0 Å². The van der Waals surface area contributed by atoms with E-state index in [4.69, 9.17) is 4.18 Å². The molecule has 1 fully saturated rings. The maximum atomic E-state index is 13.0. The van der Waals surface area contributed by atoms with E-state index >= 15 is 0 Å². The molecule has 1 heterocycles. The van der Waals surface area contributed by atoms with Gasteiger partial charge in [-0.25, -0.2) is 4.39 Å². The zero-order valence-electron chi connectivity index (χ0n) is 14.3. The third kappa shape index (κ3) is 4.77. The Morgan fingerprint density at radius 1 is 1.04 bits per heavy atom. The normalized spacial score (nSPS) is 21.2. The maximum absolute atomic E-state index is 13.0. The number of benzene rings is 2. The van der Waals surface area contributed by atoms with Gasteiger partial charge in [0.15, 0.2) is 0 Å². The van der Waals surface area contributed by atoms with Gasteiger partial charge in [0, 0.05) is 0 Å². The number of aryl methyl sites for hydroxylation is 1. The summed E-state index contributed by atoms with van der Waals surface area (Å²) in [4.78, 5) is 0.229. The summed E-state index contributed by atoms with van der Waals surface area (Å²) in [6.45, 7) is 1.92. The van der Waals surface area contributed by atoms with E-state index in [1.807, 2.05) is 19.1 Å². The van der Waals surface area contributed by atoms with E-state index < -0.39 is 18.9 Å². The maximum Gasteiger partial charge on any atom is 0.296 e. The Labute approximate surface area is 150 Å². The van der Waals surface area contributed by atoms with Crippen molar-refractivity contribution < 1.29 is 17.0 Å². The molecule has 1 aliphatic rings. The molecule has 25 heavy (non-hydrogen) atoms. The molecular formula is C19H23FO3SSi. The van der Waals surface area contributed by atoms with E-state index in [9.17, 15) is 12.8 Å². The lowest BCUT2D eigenvalue weighted by atomic mass is 9.93. The Bertz CT molecular complexity index is 796. The number of hydrogen-bond donors (Lipinski definition) is 0. The van der Waals surface area contributed by atoms with Crippen molar-refractivity contribution in [2.45, 2.75) is 42.7 Å². The van der Waals surface area contributed by atoms with Crippen LogP contribution in [0, 0.1) is 12.7 Å². The van der Waals surface area contributed by atoms with Crippen LogP contribution in [0.25, 0.3) is 0 Å². The lowest BCUT2D eigenvalue weighted by molar-refractivity contribution is 0.368. The van der Waals surface area contributed by atoms with Crippen LogP contribution in [0.3, 0.4) is 0 Å². The predicted molar refractivity (Wildman–Crippen MR) is 99.5 cm³/mol. The second kappa shape index (κ2) is 7.80. The van der Waals surface area contributed by atoms with Crippen molar-refractivity contribution in [1.29, 1.82) is 0 Å². The first-order valence-corrected chi connectivity index (χ1v) is 12.5. The Hall–Kier alpha value is -1.50. The predicted octanol–water partition coefficient (Wildman–Crippen LogP) is 4.18. The fourth-order valence-electron chi connectivity index (χ4n) is 3.36. The summed E-state index contributed by atoms with van der Waals surface area (Å²) in [5.41, 5.74) is 2.20. The molecule has 134 valence electrons. The van der Waals surface area contributed by atoms with Crippen LogP contribution in [0.2, 0.25) is 12.1 Å². The molecule has 0 spiro atoms. The molecule has 0 atom stereocenters. The van der Waals surface area contributed by atoms with Crippen molar-refractivity contribution in [3.63, 3.8) is 0 Å². The van der Waals surface area contributed by atoms with Gasteiger partial charge in [0.05, 0.1) is 19.9 Å². The topological polar surface area (TPSA) is 43.4 Å². The van der Waals surface area contributed by atoms with Crippen LogP contribution >= 0.6 is 0 Å². The first-order valence-electron chi connectivity index (χ1n) is 8.65. The molecule has 0 aliphatic carbocycles.